The number of aryl methyl sites for hydroxylation is 2. The van der Waals surface area contributed by atoms with E-state index in [1.165, 1.54) is 43.9 Å². The summed E-state index contributed by atoms with van der Waals surface area (Å²) in [4.78, 5) is 11.9. The van der Waals surface area contributed by atoms with Gasteiger partial charge < -0.3 is 5.73 Å². The number of nitrogens with zero attached hydrogens (tertiary/aromatic N) is 5. The molecular formula is C29H28F2N6. The predicted molar refractivity (Wildman–Crippen MR) is 142 cm³/mol. The van der Waals surface area contributed by atoms with E-state index in [0.717, 1.165) is 19.5 Å². The summed E-state index contributed by atoms with van der Waals surface area (Å²) in [5, 5.41) is 6.34. The zero-order chi connectivity index (χ0) is 25.9. The fraction of sp³-hybridized carbons (Fsp3) is 0.345. The molecule has 2 saturated heterocycles. The fourth-order valence-corrected chi connectivity index (χ4v) is 6.37. The molecule has 6 nitrogen and oxygen atoms in total. The van der Waals surface area contributed by atoms with E-state index in [2.05, 4.69) is 32.5 Å². The lowest BCUT2D eigenvalue weighted by Crippen LogP contribution is -2.38. The van der Waals surface area contributed by atoms with Crippen LogP contribution in [0.2, 0.25) is 0 Å². The fourth-order valence-electron chi connectivity index (χ4n) is 6.37. The van der Waals surface area contributed by atoms with Gasteiger partial charge >= 0.3 is 0 Å². The number of hydrogen-bond donors (Lipinski definition) is 1. The topological polar surface area (TPSA) is 72.9 Å². The molecule has 0 amide bonds. The molecule has 0 saturated carbocycles. The summed E-state index contributed by atoms with van der Waals surface area (Å²) in [6, 6.07) is 2.78. The highest BCUT2D eigenvalue weighted by Gasteiger charge is 2.43. The van der Waals surface area contributed by atoms with Gasteiger partial charge in [0.15, 0.2) is 5.82 Å². The molecule has 8 heteroatoms. The average Bonchev–Trinajstić information content (AvgIpc) is 3.56. The van der Waals surface area contributed by atoms with Crippen molar-refractivity contribution in [2.75, 3.05) is 18.8 Å². The third-order valence-electron chi connectivity index (χ3n) is 8.12. The summed E-state index contributed by atoms with van der Waals surface area (Å²) < 4.78 is 32.3. The van der Waals surface area contributed by atoms with Crippen molar-refractivity contribution < 1.29 is 8.78 Å². The zero-order valence-electron chi connectivity index (χ0n) is 20.8. The van der Waals surface area contributed by atoms with E-state index in [1.807, 2.05) is 0 Å². The van der Waals surface area contributed by atoms with Crippen molar-refractivity contribution in [2.24, 2.45) is 7.05 Å². The van der Waals surface area contributed by atoms with Crippen molar-refractivity contribution in [3.63, 3.8) is 0 Å². The van der Waals surface area contributed by atoms with Crippen molar-refractivity contribution in [3.8, 4) is 12.3 Å². The lowest BCUT2D eigenvalue weighted by Gasteiger charge is -2.32. The number of nitrogen functional groups attached to an aromatic ring is 1. The van der Waals surface area contributed by atoms with Gasteiger partial charge in [-0.3, -0.25) is 9.58 Å². The highest BCUT2D eigenvalue weighted by atomic mass is 19.1. The van der Waals surface area contributed by atoms with Crippen LogP contribution in [0.1, 0.15) is 49.1 Å². The summed E-state index contributed by atoms with van der Waals surface area (Å²) in [5.41, 5.74) is 7.31. The summed E-state index contributed by atoms with van der Waals surface area (Å²) in [6.07, 6.45) is 15.2. The first-order valence-corrected chi connectivity index (χ1v) is 12.6. The molecule has 0 radical (unpaired) electrons. The quantitative estimate of drug-likeness (QED) is 0.438. The van der Waals surface area contributed by atoms with Gasteiger partial charge in [0, 0.05) is 41.4 Å². The molecule has 188 valence electrons. The molecule has 4 heterocycles. The van der Waals surface area contributed by atoms with E-state index in [9.17, 15) is 4.39 Å². The summed E-state index contributed by atoms with van der Waals surface area (Å²) >= 11 is 0. The van der Waals surface area contributed by atoms with Crippen LogP contribution in [0.5, 0.6) is 0 Å². The number of hydrogen-bond acceptors (Lipinski definition) is 5. The molecule has 0 bridgehead atoms. The maximum absolute atomic E-state index is 16.3. The molecule has 2 aliphatic heterocycles. The SMILES string of the molecule is C#Cc1c(F)ccc(=C)/c1=C/c1c(F)c2nc(CCC34CCCN3CCC4)nc(N)c2c2cn(C)nc12. The van der Waals surface area contributed by atoms with Crippen LogP contribution >= 0.6 is 0 Å². The van der Waals surface area contributed by atoms with Crippen molar-refractivity contribution in [3.05, 3.63) is 57.4 Å². The minimum Gasteiger partial charge on any atom is -0.383 e. The number of halogens is 2. The van der Waals surface area contributed by atoms with Crippen LogP contribution in [0.3, 0.4) is 0 Å². The minimum atomic E-state index is -0.593. The third-order valence-corrected chi connectivity index (χ3v) is 8.12. The first-order valence-electron chi connectivity index (χ1n) is 12.6. The second-order valence-corrected chi connectivity index (χ2v) is 10.2. The van der Waals surface area contributed by atoms with Gasteiger partial charge in [0.25, 0.3) is 0 Å². The highest BCUT2D eigenvalue weighted by Crippen LogP contribution is 2.42. The Balaban J connectivity index is 1.55. The van der Waals surface area contributed by atoms with Crippen LogP contribution in [0.25, 0.3) is 34.5 Å². The number of anilines is 1. The van der Waals surface area contributed by atoms with Crippen molar-refractivity contribution >= 4 is 40.3 Å². The number of rotatable bonds is 4. The van der Waals surface area contributed by atoms with Gasteiger partial charge in [0.2, 0.25) is 0 Å². The lowest BCUT2D eigenvalue weighted by molar-refractivity contribution is 0.182. The minimum absolute atomic E-state index is 0.0240. The van der Waals surface area contributed by atoms with Crippen LogP contribution in [0.15, 0.2) is 18.3 Å². The number of nitrogens with two attached hydrogens (primary N) is 1. The highest BCUT2D eigenvalue weighted by molar-refractivity contribution is 6.12. The van der Waals surface area contributed by atoms with Crippen LogP contribution in [-0.4, -0.2) is 43.3 Å². The van der Waals surface area contributed by atoms with E-state index in [0.29, 0.717) is 39.0 Å². The zero-order valence-corrected chi connectivity index (χ0v) is 20.8. The molecule has 37 heavy (non-hydrogen) atoms. The predicted octanol–water partition coefficient (Wildman–Crippen LogP) is 3.16. The number of aromatic nitrogens is 4. The number of benzene rings is 2. The van der Waals surface area contributed by atoms with E-state index < -0.39 is 11.6 Å². The first-order chi connectivity index (χ1) is 17.8. The molecule has 2 fully saturated rings. The number of terminal acetylenes is 1. The Hall–Kier alpha value is -3.83. The van der Waals surface area contributed by atoms with Crippen LogP contribution in [0, 0.1) is 24.0 Å². The van der Waals surface area contributed by atoms with Gasteiger partial charge in [-0.1, -0.05) is 18.6 Å². The molecule has 6 rings (SSSR count). The molecule has 0 unspecified atom stereocenters. The molecule has 4 aromatic rings. The van der Waals surface area contributed by atoms with Gasteiger partial charge in [-0.05, 0) is 62.6 Å². The molecule has 0 aliphatic carbocycles. The molecule has 2 N–H and O–H groups in total. The smallest absolute Gasteiger partial charge is 0.159 e. The van der Waals surface area contributed by atoms with Gasteiger partial charge in [-0.25, -0.2) is 18.7 Å². The van der Waals surface area contributed by atoms with Crippen molar-refractivity contribution in [2.45, 2.75) is 44.1 Å². The molecule has 2 aliphatic rings. The van der Waals surface area contributed by atoms with Crippen molar-refractivity contribution in [1.29, 1.82) is 0 Å². The summed E-state index contributed by atoms with van der Waals surface area (Å²) in [7, 11) is 1.75. The molecule has 0 spiro atoms. The Morgan fingerprint density at radius 2 is 1.95 bits per heavy atom. The van der Waals surface area contributed by atoms with Gasteiger partial charge in [0.1, 0.15) is 28.5 Å². The van der Waals surface area contributed by atoms with Crippen LogP contribution in [-0.2, 0) is 13.5 Å². The van der Waals surface area contributed by atoms with Crippen LogP contribution in [0.4, 0.5) is 14.6 Å². The van der Waals surface area contributed by atoms with Gasteiger partial charge in [-0.2, -0.15) is 5.10 Å². The maximum Gasteiger partial charge on any atom is 0.159 e. The Morgan fingerprint density at radius 3 is 2.68 bits per heavy atom. The van der Waals surface area contributed by atoms with E-state index >= 15 is 4.39 Å². The molecule has 2 aromatic carbocycles. The van der Waals surface area contributed by atoms with Gasteiger partial charge in [0.05, 0.1) is 10.9 Å². The maximum atomic E-state index is 16.3. The second-order valence-electron chi connectivity index (χ2n) is 10.2. The first kappa shape index (κ1) is 23.6. The van der Waals surface area contributed by atoms with E-state index in [1.54, 1.807) is 17.9 Å². The largest absolute Gasteiger partial charge is 0.383 e. The van der Waals surface area contributed by atoms with E-state index in [4.69, 9.17) is 12.2 Å². The third kappa shape index (κ3) is 3.68. The Kier molecular flexibility index (Phi) is 5.50. The van der Waals surface area contributed by atoms with Crippen LogP contribution < -0.4 is 16.2 Å². The lowest BCUT2D eigenvalue weighted by atomic mass is 9.88. The molecule has 0 atom stereocenters. The standard InChI is InChI=1S/C29H28F2N6/c1-4-18-19(17(2)7-8-22(18)30)15-20-25(31)27-24(21-16-36(3)35-26(20)21)28(32)34-23(33-27)9-12-29-10-5-13-37(29)14-6-11-29/h1,7-8,15-16H,2,5-6,9-14H2,3H3,(H2,32,33,34)/b19-15-. The normalized spacial score (nSPS) is 17.6. The Morgan fingerprint density at radius 1 is 1.19 bits per heavy atom. The number of fused-ring (bicyclic) bond motifs is 4. The second kappa shape index (κ2) is 8.63. The average molecular weight is 499 g/mol. The van der Waals surface area contributed by atoms with Crippen molar-refractivity contribution in [1.82, 2.24) is 24.6 Å². The summed E-state index contributed by atoms with van der Waals surface area (Å²) in [5.74, 6) is 1.96. The molecular weight excluding hydrogens is 470 g/mol. The van der Waals surface area contributed by atoms with Gasteiger partial charge in [-0.15, -0.1) is 6.42 Å². The Bertz CT molecular complexity index is 1720. The van der Waals surface area contributed by atoms with E-state index in [-0.39, 0.29) is 28.0 Å². The monoisotopic (exact) mass is 498 g/mol. The summed E-state index contributed by atoms with van der Waals surface area (Å²) in [6.45, 7) is 6.25. The molecule has 2 aromatic heterocycles. The Labute approximate surface area is 213 Å².